The van der Waals surface area contributed by atoms with Gasteiger partial charge in [0.1, 0.15) is 0 Å². The van der Waals surface area contributed by atoms with Crippen molar-refractivity contribution in [2.75, 3.05) is 19.5 Å². The predicted molar refractivity (Wildman–Crippen MR) is 101 cm³/mol. The fourth-order valence-electron chi connectivity index (χ4n) is 1.90. The van der Waals surface area contributed by atoms with Gasteiger partial charge in [0.05, 0.1) is 30.7 Å². The number of carbonyl (C=O) groups excluding carboxylic acids is 1. The van der Waals surface area contributed by atoms with E-state index in [-0.39, 0.29) is 10.8 Å². The van der Waals surface area contributed by atoms with Gasteiger partial charge in [0, 0.05) is 0 Å². The standard InChI is InChI=1S/C15H16ClN5O5S/c1-3-26-10-5-8(4-9(16)12(10)25-2)6-17-19-11(22)7-27-14-13(23)18-15(24)21-20-14/h4-6H,3,7H2,1-2H3,(H,19,22)(H2,18,21,23,24)/b17-6+. The summed E-state index contributed by atoms with van der Waals surface area (Å²) >= 11 is 6.99. The minimum atomic E-state index is -0.719. The number of amides is 1. The number of ether oxygens (including phenoxy) is 2. The van der Waals surface area contributed by atoms with Crippen molar-refractivity contribution >= 4 is 35.5 Å². The van der Waals surface area contributed by atoms with Crippen LogP contribution in [0.5, 0.6) is 11.5 Å². The number of aromatic nitrogens is 3. The molecule has 0 aliphatic rings. The molecule has 0 fully saturated rings. The SMILES string of the molecule is CCOc1cc(/C=N/NC(=O)CSc2n[nH]c(=O)[nH]c2=O)cc(Cl)c1OC. The van der Waals surface area contributed by atoms with Crippen LogP contribution in [0.4, 0.5) is 0 Å². The molecule has 0 radical (unpaired) electrons. The van der Waals surface area contributed by atoms with Crippen molar-refractivity contribution in [2.24, 2.45) is 5.10 Å². The average Bonchev–Trinajstić information content (AvgIpc) is 2.61. The van der Waals surface area contributed by atoms with Crippen molar-refractivity contribution in [3.8, 4) is 11.5 Å². The molecule has 0 aliphatic carbocycles. The number of nitrogens with zero attached hydrogens (tertiary/aromatic N) is 2. The molecule has 3 N–H and O–H groups in total. The summed E-state index contributed by atoms with van der Waals surface area (Å²) in [7, 11) is 1.48. The van der Waals surface area contributed by atoms with Crippen LogP contribution in [-0.2, 0) is 4.79 Å². The molecular weight excluding hydrogens is 398 g/mol. The van der Waals surface area contributed by atoms with Crippen LogP contribution < -0.4 is 26.1 Å². The third-order valence-corrected chi connectivity index (χ3v) is 4.20. The Hall–Kier alpha value is -2.79. The van der Waals surface area contributed by atoms with Gasteiger partial charge in [-0.1, -0.05) is 23.4 Å². The highest BCUT2D eigenvalue weighted by atomic mass is 35.5. The molecule has 0 saturated carbocycles. The number of hydrogen-bond acceptors (Lipinski definition) is 8. The summed E-state index contributed by atoms with van der Waals surface area (Å²) in [5, 5.41) is 9.78. The number of methoxy groups -OCH3 is 1. The van der Waals surface area contributed by atoms with Gasteiger partial charge >= 0.3 is 5.69 Å². The highest BCUT2D eigenvalue weighted by molar-refractivity contribution is 7.99. The summed E-state index contributed by atoms with van der Waals surface area (Å²) in [6.07, 6.45) is 1.39. The molecule has 1 aromatic heterocycles. The molecule has 27 heavy (non-hydrogen) atoms. The van der Waals surface area contributed by atoms with Crippen molar-refractivity contribution in [2.45, 2.75) is 11.9 Å². The minimum Gasteiger partial charge on any atom is -0.491 e. The lowest BCUT2D eigenvalue weighted by Crippen LogP contribution is -2.26. The Morgan fingerprint density at radius 2 is 2.22 bits per heavy atom. The fourth-order valence-corrected chi connectivity index (χ4v) is 2.82. The van der Waals surface area contributed by atoms with Crippen LogP contribution in [-0.4, -0.2) is 46.8 Å². The molecule has 0 aliphatic heterocycles. The maximum absolute atomic E-state index is 11.8. The Bertz CT molecular complexity index is 958. The van der Waals surface area contributed by atoms with Gasteiger partial charge in [-0.3, -0.25) is 14.6 Å². The summed E-state index contributed by atoms with van der Waals surface area (Å²) in [6.45, 7) is 2.26. The van der Waals surface area contributed by atoms with Crippen molar-refractivity contribution < 1.29 is 14.3 Å². The van der Waals surface area contributed by atoms with Crippen molar-refractivity contribution in [3.05, 3.63) is 43.6 Å². The molecule has 1 heterocycles. The van der Waals surface area contributed by atoms with E-state index in [1.165, 1.54) is 13.3 Å². The quantitative estimate of drug-likeness (QED) is 0.330. The lowest BCUT2D eigenvalue weighted by atomic mass is 10.2. The first-order chi connectivity index (χ1) is 12.9. The van der Waals surface area contributed by atoms with Gasteiger partial charge in [-0.2, -0.15) is 10.2 Å². The number of carbonyl (C=O) groups is 1. The topological polar surface area (TPSA) is 139 Å². The minimum absolute atomic E-state index is 0.0305. The largest absolute Gasteiger partial charge is 0.491 e. The highest BCUT2D eigenvalue weighted by Crippen LogP contribution is 2.35. The first-order valence-corrected chi connectivity index (χ1v) is 8.95. The molecule has 0 unspecified atom stereocenters. The van der Waals surface area contributed by atoms with E-state index >= 15 is 0 Å². The van der Waals surface area contributed by atoms with Crippen LogP contribution in [0.1, 0.15) is 12.5 Å². The highest BCUT2D eigenvalue weighted by Gasteiger charge is 2.11. The Morgan fingerprint density at radius 3 is 2.89 bits per heavy atom. The second-order valence-electron chi connectivity index (χ2n) is 4.86. The summed E-state index contributed by atoms with van der Waals surface area (Å²) < 4.78 is 10.6. The third kappa shape index (κ3) is 5.86. The second kappa shape index (κ2) is 9.78. The number of thioether (sulfide) groups is 1. The van der Waals surface area contributed by atoms with E-state index in [0.29, 0.717) is 28.7 Å². The average molecular weight is 414 g/mol. The van der Waals surface area contributed by atoms with E-state index < -0.39 is 17.2 Å². The van der Waals surface area contributed by atoms with Gasteiger partial charge in [-0.15, -0.1) is 0 Å². The number of hydrogen-bond donors (Lipinski definition) is 3. The van der Waals surface area contributed by atoms with Crippen LogP contribution in [0.2, 0.25) is 5.02 Å². The molecule has 12 heteroatoms. The van der Waals surface area contributed by atoms with Gasteiger partial charge in [0.25, 0.3) is 5.56 Å². The van der Waals surface area contributed by atoms with Crippen LogP contribution in [0, 0.1) is 0 Å². The number of H-pyrrole nitrogens is 2. The third-order valence-electron chi connectivity index (χ3n) is 2.96. The molecule has 2 rings (SSSR count). The zero-order valence-corrected chi connectivity index (χ0v) is 15.9. The molecule has 0 atom stereocenters. The summed E-state index contributed by atoms with van der Waals surface area (Å²) in [5.41, 5.74) is 1.52. The Balaban J connectivity index is 1.97. The molecule has 1 amide bonds. The first kappa shape index (κ1) is 20.5. The van der Waals surface area contributed by atoms with Crippen LogP contribution in [0.3, 0.4) is 0 Å². The number of hydrazone groups is 1. The zero-order chi connectivity index (χ0) is 19.8. The van der Waals surface area contributed by atoms with Gasteiger partial charge in [-0.25, -0.2) is 15.3 Å². The van der Waals surface area contributed by atoms with E-state index in [1.54, 1.807) is 12.1 Å². The summed E-state index contributed by atoms with van der Waals surface area (Å²) in [5.74, 6) is 0.287. The Labute approximate surface area is 162 Å². The number of aromatic amines is 2. The van der Waals surface area contributed by atoms with E-state index in [9.17, 15) is 14.4 Å². The lowest BCUT2D eigenvalue weighted by molar-refractivity contribution is -0.118. The molecular formula is C15H16ClN5O5S. The maximum atomic E-state index is 11.8. The number of rotatable bonds is 8. The zero-order valence-electron chi connectivity index (χ0n) is 14.4. The Kier molecular flexibility index (Phi) is 7.44. The molecule has 144 valence electrons. The molecule has 0 saturated heterocycles. The summed E-state index contributed by atoms with van der Waals surface area (Å²) in [6, 6.07) is 3.28. The van der Waals surface area contributed by atoms with E-state index in [1.807, 2.05) is 11.9 Å². The predicted octanol–water partition coefficient (Wildman–Crippen LogP) is 0.761. The summed E-state index contributed by atoms with van der Waals surface area (Å²) in [4.78, 5) is 36.1. The van der Waals surface area contributed by atoms with Crippen LogP contribution in [0.15, 0.2) is 31.8 Å². The molecule has 0 spiro atoms. The molecule has 10 nitrogen and oxygen atoms in total. The molecule has 0 bridgehead atoms. The number of nitrogens with one attached hydrogen (secondary N) is 3. The number of halogens is 1. The fraction of sp³-hybridized carbons (Fsp3) is 0.267. The van der Waals surface area contributed by atoms with E-state index in [2.05, 4.69) is 20.7 Å². The van der Waals surface area contributed by atoms with Gasteiger partial charge in [-0.05, 0) is 24.6 Å². The normalized spacial score (nSPS) is 10.8. The molecule has 1 aromatic carbocycles. The lowest BCUT2D eigenvalue weighted by Gasteiger charge is -2.11. The second-order valence-corrected chi connectivity index (χ2v) is 6.23. The van der Waals surface area contributed by atoms with Crippen molar-refractivity contribution in [3.63, 3.8) is 0 Å². The monoisotopic (exact) mass is 413 g/mol. The maximum Gasteiger partial charge on any atom is 0.342 e. The van der Waals surface area contributed by atoms with Crippen molar-refractivity contribution in [1.29, 1.82) is 0 Å². The number of benzene rings is 1. The van der Waals surface area contributed by atoms with Crippen molar-refractivity contribution in [1.82, 2.24) is 20.6 Å². The first-order valence-electron chi connectivity index (χ1n) is 7.58. The molecule has 2 aromatic rings. The van der Waals surface area contributed by atoms with E-state index in [0.717, 1.165) is 11.8 Å². The van der Waals surface area contributed by atoms with Crippen LogP contribution in [0.25, 0.3) is 0 Å². The van der Waals surface area contributed by atoms with Crippen LogP contribution >= 0.6 is 23.4 Å². The Morgan fingerprint density at radius 1 is 1.44 bits per heavy atom. The van der Waals surface area contributed by atoms with Gasteiger partial charge in [0.15, 0.2) is 16.5 Å². The van der Waals surface area contributed by atoms with Gasteiger partial charge < -0.3 is 9.47 Å². The van der Waals surface area contributed by atoms with Gasteiger partial charge in [0.2, 0.25) is 5.91 Å². The van der Waals surface area contributed by atoms with E-state index in [4.69, 9.17) is 21.1 Å². The smallest absolute Gasteiger partial charge is 0.342 e.